The van der Waals surface area contributed by atoms with Crippen LogP contribution in [0.15, 0.2) is 55.2 Å². The van der Waals surface area contributed by atoms with Gasteiger partial charge in [-0.3, -0.25) is 4.79 Å². The highest BCUT2D eigenvalue weighted by atomic mass is 16.1. The molecule has 2 heterocycles. The SMILES string of the molecule is CC(C)n1cccc1C(=O)NCc1ccccc1-n1cncn1. The zero-order chi connectivity index (χ0) is 16.2. The highest BCUT2D eigenvalue weighted by molar-refractivity contribution is 5.92. The molecule has 1 aromatic carbocycles. The van der Waals surface area contributed by atoms with Crippen molar-refractivity contribution in [1.29, 1.82) is 0 Å². The van der Waals surface area contributed by atoms with Gasteiger partial charge in [0.2, 0.25) is 0 Å². The van der Waals surface area contributed by atoms with Gasteiger partial charge in [0.05, 0.1) is 5.69 Å². The van der Waals surface area contributed by atoms with Crippen LogP contribution in [0.1, 0.15) is 35.9 Å². The van der Waals surface area contributed by atoms with Gasteiger partial charge in [0.1, 0.15) is 18.3 Å². The summed E-state index contributed by atoms with van der Waals surface area (Å²) in [5, 5.41) is 7.13. The molecule has 0 bridgehead atoms. The topological polar surface area (TPSA) is 64.7 Å². The molecule has 3 aromatic rings. The predicted octanol–water partition coefficient (Wildman–Crippen LogP) is 2.58. The Morgan fingerprint density at radius 1 is 1.22 bits per heavy atom. The summed E-state index contributed by atoms with van der Waals surface area (Å²) < 4.78 is 3.65. The molecule has 0 fully saturated rings. The molecule has 2 aromatic heterocycles. The van der Waals surface area contributed by atoms with Gasteiger partial charge in [0, 0.05) is 18.8 Å². The molecule has 0 aliphatic carbocycles. The second-order valence-corrected chi connectivity index (χ2v) is 5.55. The molecule has 118 valence electrons. The first-order valence-corrected chi connectivity index (χ1v) is 7.55. The minimum atomic E-state index is -0.0860. The van der Waals surface area contributed by atoms with Gasteiger partial charge in [-0.1, -0.05) is 18.2 Å². The third kappa shape index (κ3) is 3.15. The Labute approximate surface area is 134 Å². The van der Waals surface area contributed by atoms with Gasteiger partial charge in [-0.25, -0.2) is 9.67 Å². The normalized spacial score (nSPS) is 10.9. The van der Waals surface area contributed by atoms with Crippen LogP contribution >= 0.6 is 0 Å². The predicted molar refractivity (Wildman–Crippen MR) is 87.3 cm³/mol. The van der Waals surface area contributed by atoms with Crippen molar-refractivity contribution in [1.82, 2.24) is 24.6 Å². The summed E-state index contributed by atoms with van der Waals surface area (Å²) in [6.45, 7) is 4.53. The van der Waals surface area contributed by atoms with E-state index in [1.807, 2.05) is 47.2 Å². The maximum atomic E-state index is 12.4. The molecule has 0 aliphatic rings. The number of hydrogen-bond donors (Lipinski definition) is 1. The summed E-state index contributed by atoms with van der Waals surface area (Å²) >= 11 is 0. The maximum Gasteiger partial charge on any atom is 0.268 e. The first-order chi connectivity index (χ1) is 11.2. The second-order valence-electron chi connectivity index (χ2n) is 5.55. The van der Waals surface area contributed by atoms with Crippen LogP contribution in [0.2, 0.25) is 0 Å². The molecule has 0 radical (unpaired) electrons. The Bertz CT molecular complexity index is 789. The van der Waals surface area contributed by atoms with Crippen molar-refractivity contribution < 1.29 is 4.79 Å². The molecular formula is C17H19N5O. The number of carbonyl (C=O) groups excluding carboxylic acids is 1. The first kappa shape index (κ1) is 15.0. The first-order valence-electron chi connectivity index (χ1n) is 7.55. The van der Waals surface area contributed by atoms with Gasteiger partial charge in [-0.15, -0.1) is 0 Å². The van der Waals surface area contributed by atoms with Gasteiger partial charge in [0.15, 0.2) is 0 Å². The Morgan fingerprint density at radius 2 is 2.04 bits per heavy atom. The van der Waals surface area contributed by atoms with Crippen LogP contribution in [0.4, 0.5) is 0 Å². The van der Waals surface area contributed by atoms with Gasteiger partial charge < -0.3 is 9.88 Å². The molecule has 6 heteroatoms. The standard InChI is InChI=1S/C17H19N5O/c1-13(2)21-9-5-8-16(21)17(23)19-10-14-6-3-4-7-15(14)22-12-18-11-20-22/h3-9,11-13H,10H2,1-2H3,(H,19,23). The van der Waals surface area contributed by atoms with Crippen molar-refractivity contribution in [3.8, 4) is 5.69 Å². The molecule has 0 aliphatic heterocycles. The third-order valence-electron chi connectivity index (χ3n) is 3.66. The zero-order valence-electron chi connectivity index (χ0n) is 13.2. The van der Waals surface area contributed by atoms with Crippen molar-refractivity contribution in [2.75, 3.05) is 0 Å². The van der Waals surface area contributed by atoms with Crippen LogP contribution in [0.3, 0.4) is 0 Å². The highest BCUT2D eigenvalue weighted by Gasteiger charge is 2.13. The van der Waals surface area contributed by atoms with Crippen molar-refractivity contribution >= 4 is 5.91 Å². The Balaban J connectivity index is 1.76. The average molecular weight is 309 g/mol. The van der Waals surface area contributed by atoms with Crippen LogP contribution in [0.25, 0.3) is 5.69 Å². The summed E-state index contributed by atoms with van der Waals surface area (Å²) in [6, 6.07) is 11.8. The van der Waals surface area contributed by atoms with Gasteiger partial charge in [-0.05, 0) is 37.6 Å². The number of carbonyl (C=O) groups is 1. The van der Waals surface area contributed by atoms with Gasteiger partial charge in [-0.2, -0.15) is 5.10 Å². The van der Waals surface area contributed by atoms with E-state index >= 15 is 0 Å². The van der Waals surface area contributed by atoms with Crippen LogP contribution in [0, 0.1) is 0 Å². The fourth-order valence-electron chi connectivity index (χ4n) is 2.52. The molecule has 0 spiro atoms. The van der Waals surface area contributed by atoms with Crippen LogP contribution in [-0.2, 0) is 6.54 Å². The quantitative estimate of drug-likeness (QED) is 0.788. The maximum absolute atomic E-state index is 12.4. The van der Waals surface area contributed by atoms with E-state index in [4.69, 9.17) is 0 Å². The summed E-state index contributed by atoms with van der Waals surface area (Å²) in [5.74, 6) is -0.0860. The van der Waals surface area contributed by atoms with E-state index < -0.39 is 0 Å². The summed E-state index contributed by atoms with van der Waals surface area (Å²) in [6.07, 6.45) is 5.05. The lowest BCUT2D eigenvalue weighted by atomic mass is 10.1. The molecule has 0 saturated heterocycles. The van der Waals surface area contributed by atoms with E-state index in [9.17, 15) is 4.79 Å². The van der Waals surface area contributed by atoms with E-state index in [-0.39, 0.29) is 11.9 Å². The largest absolute Gasteiger partial charge is 0.347 e. The molecule has 1 N–H and O–H groups in total. The molecule has 0 unspecified atom stereocenters. The fourth-order valence-corrected chi connectivity index (χ4v) is 2.52. The monoisotopic (exact) mass is 309 g/mol. The number of amides is 1. The Hall–Kier alpha value is -2.89. The van der Waals surface area contributed by atoms with E-state index in [0.29, 0.717) is 12.2 Å². The summed E-state index contributed by atoms with van der Waals surface area (Å²) in [7, 11) is 0. The second kappa shape index (κ2) is 6.48. The summed E-state index contributed by atoms with van der Waals surface area (Å²) in [4.78, 5) is 16.4. The number of para-hydroxylation sites is 1. The minimum Gasteiger partial charge on any atom is -0.347 e. The molecular weight excluding hydrogens is 290 g/mol. The van der Waals surface area contributed by atoms with E-state index in [2.05, 4.69) is 29.2 Å². The molecule has 1 amide bonds. The number of aromatic nitrogens is 4. The van der Waals surface area contributed by atoms with Crippen LogP contribution in [0.5, 0.6) is 0 Å². The highest BCUT2D eigenvalue weighted by Crippen LogP contribution is 2.14. The number of benzene rings is 1. The van der Waals surface area contributed by atoms with Crippen molar-refractivity contribution in [3.63, 3.8) is 0 Å². The molecule has 3 rings (SSSR count). The number of hydrogen-bond acceptors (Lipinski definition) is 3. The molecule has 0 atom stereocenters. The number of rotatable bonds is 5. The number of nitrogens with one attached hydrogen (secondary N) is 1. The van der Waals surface area contributed by atoms with Gasteiger partial charge in [0.25, 0.3) is 5.91 Å². The third-order valence-corrected chi connectivity index (χ3v) is 3.66. The van der Waals surface area contributed by atoms with Gasteiger partial charge >= 0.3 is 0 Å². The van der Waals surface area contributed by atoms with Crippen molar-refractivity contribution in [2.45, 2.75) is 26.4 Å². The van der Waals surface area contributed by atoms with Crippen LogP contribution in [-0.4, -0.2) is 25.2 Å². The van der Waals surface area contributed by atoms with E-state index in [1.165, 1.54) is 6.33 Å². The summed E-state index contributed by atoms with van der Waals surface area (Å²) in [5.41, 5.74) is 2.55. The fraction of sp³-hybridized carbons (Fsp3) is 0.235. The molecule has 0 saturated carbocycles. The van der Waals surface area contributed by atoms with Crippen molar-refractivity contribution in [2.24, 2.45) is 0 Å². The Morgan fingerprint density at radius 3 is 2.78 bits per heavy atom. The van der Waals surface area contributed by atoms with E-state index in [0.717, 1.165) is 11.3 Å². The lowest BCUT2D eigenvalue weighted by Crippen LogP contribution is -2.26. The van der Waals surface area contributed by atoms with E-state index in [1.54, 1.807) is 11.0 Å². The smallest absolute Gasteiger partial charge is 0.268 e. The minimum absolute atomic E-state index is 0.0860. The molecule has 23 heavy (non-hydrogen) atoms. The van der Waals surface area contributed by atoms with Crippen LogP contribution < -0.4 is 5.32 Å². The molecule has 6 nitrogen and oxygen atoms in total. The average Bonchev–Trinajstić information content (AvgIpc) is 3.23. The number of nitrogens with zero attached hydrogens (tertiary/aromatic N) is 4. The van der Waals surface area contributed by atoms with Crippen molar-refractivity contribution in [3.05, 3.63) is 66.5 Å². The zero-order valence-corrected chi connectivity index (χ0v) is 13.2. The Kier molecular flexibility index (Phi) is 4.23. The lowest BCUT2D eigenvalue weighted by Gasteiger charge is -2.14. The lowest BCUT2D eigenvalue weighted by molar-refractivity contribution is 0.0940.